The van der Waals surface area contributed by atoms with Gasteiger partial charge in [-0.3, -0.25) is 0 Å². The highest BCUT2D eigenvalue weighted by atomic mass is 19.1. The van der Waals surface area contributed by atoms with Crippen molar-refractivity contribution in [3.8, 4) is 0 Å². The monoisotopic (exact) mass is 318 g/mol. The van der Waals surface area contributed by atoms with Gasteiger partial charge in [-0.25, -0.2) is 9.18 Å². The quantitative estimate of drug-likeness (QED) is 0.890. The van der Waals surface area contributed by atoms with Gasteiger partial charge in [-0.15, -0.1) is 0 Å². The lowest BCUT2D eigenvalue weighted by Crippen LogP contribution is -2.40. The van der Waals surface area contributed by atoms with Crippen molar-refractivity contribution in [3.63, 3.8) is 0 Å². The van der Waals surface area contributed by atoms with Gasteiger partial charge in [0.1, 0.15) is 17.6 Å². The van der Waals surface area contributed by atoms with Crippen LogP contribution in [0.25, 0.3) is 0 Å². The normalized spacial score (nSPS) is 17.6. The van der Waals surface area contributed by atoms with E-state index in [0.29, 0.717) is 30.8 Å². The highest BCUT2D eigenvalue weighted by molar-refractivity contribution is 5.75. The van der Waals surface area contributed by atoms with Gasteiger partial charge < -0.3 is 19.8 Å². The van der Waals surface area contributed by atoms with Crippen LogP contribution in [0.4, 0.5) is 9.18 Å². The molecule has 0 radical (unpaired) electrons. The number of carbonyl (C=O) groups is 1. The summed E-state index contributed by atoms with van der Waals surface area (Å²) in [6, 6.07) is 7.64. The van der Waals surface area contributed by atoms with Crippen LogP contribution in [0.3, 0.4) is 0 Å². The summed E-state index contributed by atoms with van der Waals surface area (Å²) in [7, 11) is 1.56. The Balaban J connectivity index is 1.65. The lowest BCUT2D eigenvalue weighted by molar-refractivity contribution is 0.156. The lowest BCUT2D eigenvalue weighted by atomic mass is 10.1. The van der Waals surface area contributed by atoms with Gasteiger partial charge in [-0.1, -0.05) is 12.1 Å². The number of fused-ring (bicyclic) bond motifs is 1. The molecule has 0 saturated carbocycles. The van der Waals surface area contributed by atoms with Gasteiger partial charge in [0, 0.05) is 7.11 Å². The van der Waals surface area contributed by atoms with E-state index in [1.807, 2.05) is 6.07 Å². The van der Waals surface area contributed by atoms with E-state index in [-0.39, 0.29) is 23.9 Å². The number of halogens is 1. The van der Waals surface area contributed by atoms with Crippen LogP contribution in [0.2, 0.25) is 0 Å². The van der Waals surface area contributed by atoms with Crippen molar-refractivity contribution in [2.24, 2.45) is 0 Å². The number of benzene rings is 1. The molecule has 0 bridgehead atoms. The first-order valence-electron chi connectivity index (χ1n) is 7.55. The fourth-order valence-electron chi connectivity index (χ4n) is 2.97. The topological polar surface area (TPSA) is 63.5 Å². The molecule has 5 nitrogen and oxygen atoms in total. The maximum absolute atomic E-state index is 13.7. The third kappa shape index (κ3) is 3.37. The summed E-state index contributed by atoms with van der Waals surface area (Å²) < 4.78 is 24.2. The number of amides is 2. The Morgan fingerprint density at radius 2 is 2.30 bits per heavy atom. The second kappa shape index (κ2) is 6.83. The molecule has 1 aromatic heterocycles. The minimum Gasteiger partial charge on any atom is -0.467 e. The molecule has 2 N–H and O–H groups in total. The zero-order valence-corrected chi connectivity index (χ0v) is 12.8. The fourth-order valence-corrected chi connectivity index (χ4v) is 2.97. The number of rotatable bonds is 5. The molecule has 1 aromatic carbocycles. The van der Waals surface area contributed by atoms with Crippen LogP contribution in [0, 0.1) is 5.82 Å². The maximum Gasteiger partial charge on any atom is 0.315 e. The van der Waals surface area contributed by atoms with E-state index in [4.69, 9.17) is 9.15 Å². The van der Waals surface area contributed by atoms with Gasteiger partial charge in [0.05, 0.1) is 18.9 Å². The Morgan fingerprint density at radius 3 is 3.04 bits per heavy atom. The van der Waals surface area contributed by atoms with Crippen LogP contribution < -0.4 is 10.6 Å². The van der Waals surface area contributed by atoms with E-state index >= 15 is 0 Å². The summed E-state index contributed by atoms with van der Waals surface area (Å²) in [5.74, 6) is 0.417. The number of hydrogen-bond acceptors (Lipinski definition) is 3. The second-order valence-electron chi connectivity index (χ2n) is 5.54. The van der Waals surface area contributed by atoms with Crippen LogP contribution >= 0.6 is 0 Å². The Kier molecular flexibility index (Phi) is 4.62. The first kappa shape index (κ1) is 15.6. The second-order valence-corrected chi connectivity index (χ2v) is 5.54. The summed E-state index contributed by atoms with van der Waals surface area (Å²) >= 11 is 0. The molecule has 2 amide bonds. The Bertz CT molecular complexity index is 672. The Labute approximate surface area is 133 Å². The van der Waals surface area contributed by atoms with Crippen molar-refractivity contribution in [1.82, 2.24) is 10.6 Å². The van der Waals surface area contributed by atoms with E-state index in [0.717, 1.165) is 5.56 Å². The number of furan rings is 1. The van der Waals surface area contributed by atoms with Crippen LogP contribution in [0.5, 0.6) is 0 Å². The SMILES string of the molecule is COCC(NC(=O)NC1CCc2c(F)cccc21)c1ccco1. The summed E-state index contributed by atoms with van der Waals surface area (Å²) in [6.07, 6.45) is 2.87. The molecule has 1 heterocycles. The molecule has 6 heteroatoms. The molecule has 122 valence electrons. The van der Waals surface area contributed by atoms with Gasteiger partial charge in [-0.05, 0) is 42.2 Å². The number of methoxy groups -OCH3 is 1. The average Bonchev–Trinajstić information content (AvgIpc) is 3.18. The molecule has 1 aliphatic carbocycles. The molecule has 2 unspecified atom stereocenters. The Morgan fingerprint density at radius 1 is 1.43 bits per heavy atom. The number of carbonyl (C=O) groups excluding carboxylic acids is 1. The average molecular weight is 318 g/mol. The fraction of sp³-hybridized carbons (Fsp3) is 0.353. The molecule has 0 fully saturated rings. The zero-order valence-electron chi connectivity index (χ0n) is 12.8. The van der Waals surface area contributed by atoms with E-state index in [1.165, 1.54) is 6.07 Å². The van der Waals surface area contributed by atoms with Gasteiger partial charge in [0.2, 0.25) is 0 Å². The standard InChI is InChI=1S/C17H19FN2O3/c1-22-10-15(16-6-3-9-23-16)20-17(21)19-14-8-7-11-12(14)4-2-5-13(11)18/h2-6,9,14-15H,7-8,10H2,1H3,(H2,19,20,21). The number of urea groups is 1. The van der Waals surface area contributed by atoms with Gasteiger partial charge in [0.15, 0.2) is 0 Å². The highest BCUT2D eigenvalue weighted by Crippen LogP contribution is 2.32. The summed E-state index contributed by atoms with van der Waals surface area (Å²) in [5.41, 5.74) is 1.54. The molecule has 0 saturated heterocycles. The van der Waals surface area contributed by atoms with Crippen molar-refractivity contribution in [1.29, 1.82) is 0 Å². The third-order valence-electron chi connectivity index (χ3n) is 4.04. The van der Waals surface area contributed by atoms with Crippen LogP contribution in [-0.2, 0) is 11.2 Å². The van der Waals surface area contributed by atoms with Crippen molar-refractivity contribution >= 4 is 6.03 Å². The molecule has 2 aromatic rings. The smallest absolute Gasteiger partial charge is 0.315 e. The number of nitrogens with one attached hydrogen (secondary N) is 2. The lowest BCUT2D eigenvalue weighted by Gasteiger charge is -2.19. The van der Waals surface area contributed by atoms with Crippen molar-refractivity contribution in [3.05, 3.63) is 59.3 Å². The van der Waals surface area contributed by atoms with Gasteiger partial charge in [0.25, 0.3) is 0 Å². The van der Waals surface area contributed by atoms with Crippen molar-refractivity contribution in [2.75, 3.05) is 13.7 Å². The van der Waals surface area contributed by atoms with E-state index in [2.05, 4.69) is 10.6 Å². The molecular weight excluding hydrogens is 299 g/mol. The molecule has 0 spiro atoms. The molecule has 0 aliphatic heterocycles. The first-order chi connectivity index (χ1) is 11.2. The first-order valence-corrected chi connectivity index (χ1v) is 7.55. The predicted octanol–water partition coefficient (Wildman–Crippen LogP) is 3.09. The van der Waals surface area contributed by atoms with Crippen molar-refractivity contribution < 1.29 is 18.3 Å². The largest absolute Gasteiger partial charge is 0.467 e. The summed E-state index contributed by atoms with van der Waals surface area (Å²) in [4.78, 5) is 12.3. The minimum atomic E-state index is -0.372. The van der Waals surface area contributed by atoms with Gasteiger partial charge >= 0.3 is 6.03 Å². The third-order valence-corrected chi connectivity index (χ3v) is 4.04. The summed E-state index contributed by atoms with van der Waals surface area (Å²) in [5, 5.41) is 5.73. The molecular formula is C17H19FN2O3. The highest BCUT2D eigenvalue weighted by Gasteiger charge is 2.27. The summed E-state index contributed by atoms with van der Waals surface area (Å²) in [6.45, 7) is 0.302. The molecule has 1 aliphatic rings. The maximum atomic E-state index is 13.7. The molecule has 23 heavy (non-hydrogen) atoms. The molecule has 3 rings (SSSR count). The van der Waals surface area contributed by atoms with E-state index in [1.54, 1.807) is 31.6 Å². The van der Waals surface area contributed by atoms with E-state index < -0.39 is 0 Å². The minimum absolute atomic E-state index is 0.180. The van der Waals surface area contributed by atoms with Crippen molar-refractivity contribution in [2.45, 2.75) is 24.9 Å². The van der Waals surface area contributed by atoms with E-state index in [9.17, 15) is 9.18 Å². The van der Waals surface area contributed by atoms with Crippen LogP contribution in [0.15, 0.2) is 41.0 Å². The number of hydrogen-bond donors (Lipinski definition) is 2. The van der Waals surface area contributed by atoms with Gasteiger partial charge in [-0.2, -0.15) is 0 Å². The number of ether oxygens (including phenoxy) is 1. The predicted molar refractivity (Wildman–Crippen MR) is 82.5 cm³/mol. The van der Waals surface area contributed by atoms with Crippen LogP contribution in [-0.4, -0.2) is 19.7 Å². The van der Waals surface area contributed by atoms with Crippen LogP contribution in [0.1, 0.15) is 35.4 Å². The Hall–Kier alpha value is -2.34. The molecule has 2 atom stereocenters. The zero-order chi connectivity index (χ0) is 16.2.